The summed E-state index contributed by atoms with van der Waals surface area (Å²) in [5, 5.41) is 13.0. The molecule has 0 bridgehead atoms. The van der Waals surface area contributed by atoms with Gasteiger partial charge in [0.25, 0.3) is 5.91 Å². The first kappa shape index (κ1) is 17.0. The van der Waals surface area contributed by atoms with Crippen molar-refractivity contribution in [1.82, 2.24) is 10.6 Å². The number of aliphatic imine (C=N–C) groups is 1. The smallest absolute Gasteiger partial charge is 0.256 e. The second kappa shape index (κ2) is 7.78. The molecule has 0 radical (unpaired) electrons. The van der Waals surface area contributed by atoms with Crippen LogP contribution in [-0.4, -0.2) is 37.1 Å². The van der Waals surface area contributed by atoms with Gasteiger partial charge >= 0.3 is 0 Å². The van der Waals surface area contributed by atoms with Crippen molar-refractivity contribution in [2.45, 2.75) is 26.3 Å². The van der Waals surface area contributed by atoms with E-state index in [9.17, 15) is 9.18 Å². The van der Waals surface area contributed by atoms with E-state index in [1.165, 1.54) is 6.07 Å². The molecule has 1 amide bonds. The minimum atomic E-state index is -0.474. The number of amidine groups is 1. The lowest BCUT2D eigenvalue weighted by Crippen LogP contribution is -2.32. The number of halogens is 1. The first-order valence-corrected chi connectivity index (χ1v) is 7.60. The molecule has 1 aromatic rings. The Labute approximate surface area is 135 Å². The third-order valence-electron chi connectivity index (χ3n) is 3.42. The van der Waals surface area contributed by atoms with E-state index in [0.29, 0.717) is 5.56 Å². The largest absolute Gasteiger partial charge is 0.313 e. The van der Waals surface area contributed by atoms with Gasteiger partial charge < -0.3 is 16.0 Å². The maximum Gasteiger partial charge on any atom is 0.256 e. The monoisotopic (exact) mass is 316 g/mol. The fourth-order valence-electron chi connectivity index (χ4n) is 2.36. The molecule has 0 fully saturated rings. The Kier molecular flexibility index (Phi) is 5.76. The van der Waals surface area contributed by atoms with Gasteiger partial charge in [-0.15, -0.1) is 0 Å². The fraction of sp³-hybridized carbons (Fsp3) is 0.353. The van der Waals surface area contributed by atoms with Gasteiger partial charge in [0.15, 0.2) is 0 Å². The number of amides is 1. The van der Waals surface area contributed by atoms with Crippen molar-refractivity contribution in [1.29, 1.82) is 5.41 Å². The number of nitrogens with zero attached hydrogens (tertiary/aromatic N) is 1. The van der Waals surface area contributed by atoms with Crippen LogP contribution in [0.25, 0.3) is 5.57 Å². The van der Waals surface area contributed by atoms with Crippen molar-refractivity contribution >= 4 is 23.5 Å². The highest BCUT2D eigenvalue weighted by molar-refractivity contribution is 6.32. The van der Waals surface area contributed by atoms with Crippen LogP contribution in [-0.2, 0) is 0 Å². The van der Waals surface area contributed by atoms with Gasteiger partial charge in [0.1, 0.15) is 11.7 Å². The van der Waals surface area contributed by atoms with Crippen LogP contribution in [0.2, 0.25) is 0 Å². The quantitative estimate of drug-likeness (QED) is 0.589. The maximum atomic E-state index is 14.3. The van der Waals surface area contributed by atoms with Crippen LogP contribution < -0.4 is 10.6 Å². The molecule has 0 spiro atoms. The standard InChI is InChI=1S/C17H21FN4O/c1-11(2)21-16(10-19)22-17(23)13-3-4-14(15(18)9-13)12-5-7-20-8-6-12/h3-5,9-11,19-20H,6-8H2,1-2H3,(H,21,22,23). The Hall–Kier alpha value is -2.34. The summed E-state index contributed by atoms with van der Waals surface area (Å²) >= 11 is 0. The highest BCUT2D eigenvalue weighted by Gasteiger charge is 2.14. The summed E-state index contributed by atoms with van der Waals surface area (Å²) in [6.45, 7) is 5.24. The van der Waals surface area contributed by atoms with E-state index in [1.54, 1.807) is 12.1 Å². The van der Waals surface area contributed by atoms with Gasteiger partial charge in [-0.2, -0.15) is 0 Å². The van der Waals surface area contributed by atoms with E-state index >= 15 is 0 Å². The molecule has 0 unspecified atom stereocenters. The van der Waals surface area contributed by atoms with Gasteiger partial charge in [0.2, 0.25) is 0 Å². The van der Waals surface area contributed by atoms with Crippen LogP contribution in [0.15, 0.2) is 29.3 Å². The average Bonchev–Trinajstić information content (AvgIpc) is 2.54. The number of hydrogen-bond donors (Lipinski definition) is 3. The molecule has 1 heterocycles. The summed E-state index contributed by atoms with van der Waals surface area (Å²) in [5.74, 6) is -0.726. The van der Waals surface area contributed by atoms with E-state index < -0.39 is 11.7 Å². The molecule has 0 saturated heterocycles. The highest BCUT2D eigenvalue weighted by Crippen LogP contribution is 2.23. The Morgan fingerprint density at radius 2 is 2.26 bits per heavy atom. The van der Waals surface area contributed by atoms with E-state index in [1.807, 2.05) is 19.9 Å². The van der Waals surface area contributed by atoms with Gasteiger partial charge in [-0.25, -0.2) is 4.39 Å². The number of benzene rings is 1. The van der Waals surface area contributed by atoms with Crippen molar-refractivity contribution in [3.05, 3.63) is 41.2 Å². The zero-order valence-electron chi connectivity index (χ0n) is 13.3. The minimum Gasteiger partial charge on any atom is -0.313 e. The Bertz CT molecular complexity index is 665. The maximum absolute atomic E-state index is 14.3. The van der Waals surface area contributed by atoms with Gasteiger partial charge in [0.05, 0.1) is 6.21 Å². The van der Waals surface area contributed by atoms with Crippen LogP contribution in [0.1, 0.15) is 36.2 Å². The van der Waals surface area contributed by atoms with E-state index in [2.05, 4.69) is 15.6 Å². The molecule has 0 aliphatic carbocycles. The Balaban J connectivity index is 2.18. The lowest BCUT2D eigenvalue weighted by molar-refractivity contribution is 0.0977. The molecule has 3 N–H and O–H groups in total. The number of nitrogens with one attached hydrogen (secondary N) is 3. The van der Waals surface area contributed by atoms with Crippen molar-refractivity contribution in [3.63, 3.8) is 0 Å². The summed E-state index contributed by atoms with van der Waals surface area (Å²) in [7, 11) is 0. The minimum absolute atomic E-state index is 0.0436. The molecule has 0 saturated carbocycles. The number of hydrogen-bond acceptors (Lipinski definition) is 4. The number of carbonyl (C=O) groups is 1. The third-order valence-corrected chi connectivity index (χ3v) is 3.42. The summed E-state index contributed by atoms with van der Waals surface area (Å²) in [6.07, 6.45) is 3.70. The number of rotatable bonds is 4. The van der Waals surface area contributed by atoms with Crippen LogP contribution in [0.5, 0.6) is 0 Å². The van der Waals surface area contributed by atoms with Crippen molar-refractivity contribution < 1.29 is 9.18 Å². The molecule has 122 valence electrons. The topological polar surface area (TPSA) is 77.3 Å². The SMILES string of the molecule is CC(C)/N=C(\C=N)NC(=O)c1ccc(C2=CCNCC2)c(F)c1. The Morgan fingerprint density at radius 3 is 2.83 bits per heavy atom. The second-order valence-corrected chi connectivity index (χ2v) is 5.58. The zero-order valence-corrected chi connectivity index (χ0v) is 13.3. The lowest BCUT2D eigenvalue weighted by atomic mass is 9.98. The molecule has 1 aliphatic heterocycles. The van der Waals surface area contributed by atoms with E-state index in [4.69, 9.17) is 5.41 Å². The average molecular weight is 316 g/mol. The van der Waals surface area contributed by atoms with Crippen molar-refractivity contribution in [3.8, 4) is 0 Å². The van der Waals surface area contributed by atoms with Crippen LogP contribution in [0, 0.1) is 11.2 Å². The third kappa shape index (κ3) is 4.56. The molecule has 0 atom stereocenters. The molecule has 6 heteroatoms. The lowest BCUT2D eigenvalue weighted by Gasteiger charge is -2.15. The van der Waals surface area contributed by atoms with Gasteiger partial charge in [-0.05, 0) is 44.5 Å². The summed E-state index contributed by atoms with van der Waals surface area (Å²) in [4.78, 5) is 16.3. The molecular formula is C17H21FN4O. The van der Waals surface area contributed by atoms with Gasteiger partial charge in [-0.1, -0.05) is 12.1 Å². The van der Waals surface area contributed by atoms with Crippen LogP contribution in [0.3, 0.4) is 0 Å². The van der Waals surface area contributed by atoms with Crippen LogP contribution in [0.4, 0.5) is 4.39 Å². The number of carbonyl (C=O) groups excluding carboxylic acids is 1. The van der Waals surface area contributed by atoms with Gasteiger partial charge in [0, 0.05) is 23.7 Å². The molecule has 2 rings (SSSR count). The zero-order chi connectivity index (χ0) is 16.8. The molecule has 23 heavy (non-hydrogen) atoms. The molecular weight excluding hydrogens is 295 g/mol. The molecule has 0 aromatic heterocycles. The van der Waals surface area contributed by atoms with Crippen molar-refractivity contribution in [2.75, 3.05) is 13.1 Å². The second-order valence-electron chi connectivity index (χ2n) is 5.58. The fourth-order valence-corrected chi connectivity index (χ4v) is 2.36. The highest BCUT2D eigenvalue weighted by atomic mass is 19.1. The normalized spacial score (nSPS) is 15.3. The van der Waals surface area contributed by atoms with E-state index in [0.717, 1.165) is 31.3 Å². The molecule has 1 aromatic carbocycles. The predicted molar refractivity (Wildman–Crippen MR) is 90.7 cm³/mol. The first-order valence-electron chi connectivity index (χ1n) is 7.60. The summed E-state index contributed by atoms with van der Waals surface area (Å²) < 4.78 is 14.3. The summed E-state index contributed by atoms with van der Waals surface area (Å²) in [6, 6.07) is 4.40. The van der Waals surface area contributed by atoms with Crippen LogP contribution >= 0.6 is 0 Å². The first-order chi connectivity index (χ1) is 11.0. The Morgan fingerprint density at radius 1 is 1.48 bits per heavy atom. The molecule has 1 aliphatic rings. The summed E-state index contributed by atoms with van der Waals surface area (Å²) in [5.41, 5.74) is 1.69. The van der Waals surface area contributed by atoms with E-state index in [-0.39, 0.29) is 17.4 Å². The molecule has 5 nitrogen and oxygen atoms in total. The van der Waals surface area contributed by atoms with Crippen molar-refractivity contribution in [2.24, 2.45) is 4.99 Å². The van der Waals surface area contributed by atoms with Gasteiger partial charge in [-0.3, -0.25) is 9.79 Å². The predicted octanol–water partition coefficient (Wildman–Crippen LogP) is 2.39.